The zero-order valence-electron chi connectivity index (χ0n) is 12.9. The van der Waals surface area contributed by atoms with Crippen LogP contribution in [0.4, 0.5) is 0 Å². The monoisotopic (exact) mass is 349 g/mol. The Bertz CT molecular complexity index is 151. The maximum Gasteiger partial charge on any atom is 3.00 e. The molecule has 2 heteroatoms. The first-order valence-corrected chi connectivity index (χ1v) is 6.23. The number of rotatable bonds is 3. The van der Waals surface area contributed by atoms with Gasteiger partial charge in [0, 0.05) is 0 Å². The van der Waals surface area contributed by atoms with E-state index in [1.165, 1.54) is 0 Å². The average Bonchev–Trinajstić information content (AvgIpc) is 3.01. The molecule has 0 heterocycles. The van der Waals surface area contributed by atoms with Gasteiger partial charge in [-0.25, -0.2) is 0 Å². The summed E-state index contributed by atoms with van der Waals surface area (Å²) in [5, 5.41) is 9.10. The molecule has 0 saturated heterocycles. The van der Waals surface area contributed by atoms with Crippen molar-refractivity contribution < 1.29 is 31.3 Å². The molecule has 0 amide bonds. The molecular formula is C18H27OZr+2. The summed E-state index contributed by atoms with van der Waals surface area (Å²) in [6.45, 7) is 7.16. The Morgan fingerprint density at radius 3 is 1.20 bits per heavy atom. The molecule has 2 fully saturated rings. The topological polar surface area (TPSA) is 20.2 Å². The summed E-state index contributed by atoms with van der Waals surface area (Å²) in [4.78, 5) is 0. The molecule has 0 aromatic rings. The summed E-state index contributed by atoms with van der Waals surface area (Å²) in [7, 11) is 0. The van der Waals surface area contributed by atoms with E-state index in [4.69, 9.17) is 5.11 Å². The van der Waals surface area contributed by atoms with E-state index in [-0.39, 0.29) is 33.6 Å². The molecular weight excluding hydrogens is 323 g/mol. The summed E-state index contributed by atoms with van der Waals surface area (Å²) in [6.07, 6.45) is 23.5. The summed E-state index contributed by atoms with van der Waals surface area (Å²) in [5.41, 5.74) is -0.520. The average molecular weight is 351 g/mol. The third kappa shape index (κ3) is 23.7. The van der Waals surface area contributed by atoms with Crippen LogP contribution in [0.2, 0.25) is 0 Å². The molecule has 1 nitrogen and oxygen atoms in total. The van der Waals surface area contributed by atoms with Crippen molar-refractivity contribution in [2.45, 2.75) is 32.3 Å². The molecule has 0 aliphatic heterocycles. The molecule has 20 heavy (non-hydrogen) atoms. The van der Waals surface area contributed by atoms with E-state index in [9.17, 15) is 0 Å². The Morgan fingerprint density at radius 2 is 1.10 bits per heavy atom. The standard InChI is InChI=1S/C7H14O.2C5H5.CH3.Zr/c1-4-5-6-7(2,3)8;2*1-2-4-5-3-1;;/h4,8H,1,5-6H2,2-3H3;2*1-5H;1H3;/q;;;-1;+3. The van der Waals surface area contributed by atoms with E-state index < -0.39 is 5.60 Å². The van der Waals surface area contributed by atoms with Gasteiger partial charge in [-0.1, -0.05) is 6.08 Å². The number of hydrogen-bond donors (Lipinski definition) is 1. The van der Waals surface area contributed by atoms with Crippen LogP contribution in [0.15, 0.2) is 12.7 Å². The maximum absolute atomic E-state index is 9.10. The zero-order valence-corrected chi connectivity index (χ0v) is 15.4. The van der Waals surface area contributed by atoms with E-state index in [1.807, 2.05) is 70.3 Å². The van der Waals surface area contributed by atoms with Crippen molar-refractivity contribution in [2.75, 3.05) is 0 Å². The third-order valence-corrected chi connectivity index (χ3v) is 2.07. The van der Waals surface area contributed by atoms with Gasteiger partial charge in [0.2, 0.25) is 0 Å². The maximum atomic E-state index is 9.10. The first-order chi connectivity index (χ1) is 8.56. The van der Waals surface area contributed by atoms with Gasteiger partial charge >= 0.3 is 26.2 Å². The van der Waals surface area contributed by atoms with Crippen molar-refractivity contribution in [1.29, 1.82) is 0 Å². The van der Waals surface area contributed by atoms with Crippen LogP contribution in [-0.2, 0) is 26.2 Å². The minimum Gasteiger partial charge on any atom is -0.390 e. The Morgan fingerprint density at radius 1 is 0.850 bits per heavy atom. The zero-order chi connectivity index (χ0) is 13.7. The second-order valence-corrected chi connectivity index (χ2v) is 4.56. The van der Waals surface area contributed by atoms with E-state index in [1.54, 1.807) is 13.8 Å². The number of allylic oxidation sites excluding steroid dienone is 1. The van der Waals surface area contributed by atoms with Crippen molar-refractivity contribution >= 4 is 0 Å². The van der Waals surface area contributed by atoms with Crippen molar-refractivity contribution in [3.05, 3.63) is 84.3 Å². The quantitative estimate of drug-likeness (QED) is 0.597. The Kier molecular flexibility index (Phi) is 22.5. The van der Waals surface area contributed by atoms with Gasteiger partial charge < -0.3 is 12.5 Å². The van der Waals surface area contributed by atoms with Crippen LogP contribution in [0.5, 0.6) is 0 Å². The molecule has 0 unspecified atom stereocenters. The smallest absolute Gasteiger partial charge is 0.390 e. The fourth-order valence-electron chi connectivity index (χ4n) is 1.10. The molecule has 0 aromatic carbocycles. The third-order valence-electron chi connectivity index (χ3n) is 2.07. The summed E-state index contributed by atoms with van der Waals surface area (Å²) >= 11 is 0. The van der Waals surface area contributed by atoms with Gasteiger partial charge in [-0.2, -0.15) is 0 Å². The van der Waals surface area contributed by atoms with Crippen molar-refractivity contribution in [3.8, 4) is 0 Å². The number of aliphatic hydroxyl groups is 1. The normalized spacial score (nSPS) is 16.6. The molecule has 2 rings (SSSR count). The van der Waals surface area contributed by atoms with Crippen molar-refractivity contribution in [2.24, 2.45) is 0 Å². The molecule has 2 aliphatic rings. The molecule has 107 valence electrons. The summed E-state index contributed by atoms with van der Waals surface area (Å²) in [5.74, 6) is 0. The molecule has 11 radical (unpaired) electrons. The van der Waals surface area contributed by atoms with E-state index in [0.717, 1.165) is 12.8 Å². The van der Waals surface area contributed by atoms with Crippen molar-refractivity contribution in [3.63, 3.8) is 0 Å². The Hall–Kier alpha value is 0.583. The molecule has 2 aliphatic carbocycles. The summed E-state index contributed by atoms with van der Waals surface area (Å²) in [6, 6.07) is 0. The van der Waals surface area contributed by atoms with Crippen molar-refractivity contribution in [1.82, 2.24) is 0 Å². The predicted molar refractivity (Wildman–Crippen MR) is 85.1 cm³/mol. The molecule has 0 spiro atoms. The van der Waals surface area contributed by atoms with Crippen LogP contribution in [0.3, 0.4) is 0 Å². The molecule has 1 N–H and O–H groups in total. The van der Waals surface area contributed by atoms with Gasteiger partial charge in [-0.3, -0.25) is 0 Å². The first-order valence-electron chi connectivity index (χ1n) is 6.23. The van der Waals surface area contributed by atoms with Crippen LogP contribution >= 0.6 is 0 Å². The van der Waals surface area contributed by atoms with Gasteiger partial charge in [0.15, 0.2) is 0 Å². The van der Waals surface area contributed by atoms with Crippen LogP contribution in [0.25, 0.3) is 0 Å². The van der Waals surface area contributed by atoms with Gasteiger partial charge in [-0.05, 0) is 90.9 Å². The van der Waals surface area contributed by atoms with E-state index in [2.05, 4.69) is 6.58 Å². The minimum atomic E-state index is -0.520. The minimum absolute atomic E-state index is 0. The molecule has 0 aromatic heterocycles. The molecule has 2 saturated carbocycles. The van der Waals surface area contributed by atoms with Crippen LogP contribution < -0.4 is 0 Å². The second kappa shape index (κ2) is 17.6. The van der Waals surface area contributed by atoms with Crippen LogP contribution in [0, 0.1) is 71.6 Å². The Labute approximate surface area is 147 Å². The number of hydrogen-bond acceptors (Lipinski definition) is 1. The van der Waals surface area contributed by atoms with Gasteiger partial charge in [0.05, 0.1) is 5.60 Å². The SMILES string of the molecule is C=CCCC(C)(C)O.[CH3-].[CH]1[CH][CH][CH][CH]1.[CH]1[CH][CH][CH][CH]1.[Zr+3]. The molecule has 0 bridgehead atoms. The van der Waals surface area contributed by atoms with Gasteiger partial charge in [0.25, 0.3) is 0 Å². The predicted octanol–water partition coefficient (Wildman–Crippen LogP) is 4.21. The Balaban J connectivity index is -0.000000212. The van der Waals surface area contributed by atoms with Crippen LogP contribution in [0.1, 0.15) is 26.7 Å². The van der Waals surface area contributed by atoms with Gasteiger partial charge in [-0.15, -0.1) is 6.58 Å². The van der Waals surface area contributed by atoms with E-state index in [0.29, 0.717) is 0 Å². The molecule has 0 atom stereocenters. The summed E-state index contributed by atoms with van der Waals surface area (Å²) < 4.78 is 0. The second-order valence-electron chi connectivity index (χ2n) is 4.56. The van der Waals surface area contributed by atoms with E-state index >= 15 is 0 Å². The fraction of sp³-hybridized carbons (Fsp3) is 0.278. The fourth-order valence-corrected chi connectivity index (χ4v) is 1.10. The van der Waals surface area contributed by atoms with Gasteiger partial charge in [0.1, 0.15) is 0 Å². The largest absolute Gasteiger partial charge is 3.00 e. The van der Waals surface area contributed by atoms with Crippen LogP contribution in [-0.4, -0.2) is 10.7 Å². The first kappa shape index (κ1) is 25.5.